The normalized spacial score (nSPS) is 13.2. The van der Waals surface area contributed by atoms with Crippen molar-refractivity contribution in [3.8, 4) is 0 Å². The molecule has 24 heavy (non-hydrogen) atoms. The predicted octanol–water partition coefficient (Wildman–Crippen LogP) is 2.47. The van der Waals surface area contributed by atoms with E-state index >= 15 is 0 Å². The van der Waals surface area contributed by atoms with Crippen LogP contribution in [0.4, 0.5) is 11.4 Å². The molecule has 0 N–H and O–H groups in total. The van der Waals surface area contributed by atoms with Gasteiger partial charge >= 0.3 is 0 Å². The highest BCUT2D eigenvalue weighted by Crippen LogP contribution is 2.32. The number of nitro groups is 1. The molecule has 0 saturated carbocycles. The second-order valence-electron chi connectivity index (χ2n) is 6.14. The molecular formula is C17H20N4O3. The number of aromatic nitrogens is 2. The number of nitro benzene ring substituents is 1. The van der Waals surface area contributed by atoms with Gasteiger partial charge in [-0.2, -0.15) is 5.10 Å². The number of benzene rings is 1. The second-order valence-corrected chi connectivity index (χ2v) is 6.14. The minimum absolute atomic E-state index is 0.00287. The molecule has 1 aliphatic heterocycles. The molecule has 0 saturated heterocycles. The average Bonchev–Trinajstić information content (AvgIpc) is 3.06. The molecule has 0 unspecified atom stereocenters. The Kier molecular flexibility index (Phi) is 4.09. The lowest BCUT2D eigenvalue weighted by Gasteiger charge is -2.17. The first-order valence-corrected chi connectivity index (χ1v) is 7.95. The molecule has 3 rings (SSSR count). The number of aryl methyl sites for hydroxylation is 2. The molecule has 1 amide bonds. The van der Waals surface area contributed by atoms with E-state index in [4.69, 9.17) is 0 Å². The molecule has 0 bridgehead atoms. The van der Waals surface area contributed by atoms with Gasteiger partial charge in [0, 0.05) is 37.8 Å². The first-order valence-electron chi connectivity index (χ1n) is 7.95. The maximum atomic E-state index is 12.6. The van der Waals surface area contributed by atoms with Crippen molar-refractivity contribution in [3.63, 3.8) is 0 Å². The van der Waals surface area contributed by atoms with Crippen LogP contribution in [-0.4, -0.2) is 27.2 Å². The van der Waals surface area contributed by atoms with Gasteiger partial charge in [-0.15, -0.1) is 0 Å². The molecule has 2 heterocycles. The maximum absolute atomic E-state index is 12.6. The first-order chi connectivity index (χ1) is 11.4. The molecule has 1 aromatic carbocycles. The number of amides is 1. The fourth-order valence-electron chi connectivity index (χ4n) is 3.29. The molecule has 2 aromatic rings. The molecule has 0 radical (unpaired) electrons. The summed E-state index contributed by atoms with van der Waals surface area (Å²) in [7, 11) is 1.89. The van der Waals surface area contributed by atoms with Gasteiger partial charge in [0.25, 0.3) is 5.69 Å². The Labute approximate surface area is 140 Å². The average molecular weight is 328 g/mol. The van der Waals surface area contributed by atoms with Gasteiger partial charge in [0.2, 0.25) is 5.91 Å². The number of hydrogen-bond acceptors (Lipinski definition) is 4. The largest absolute Gasteiger partial charge is 0.312 e. The van der Waals surface area contributed by atoms with Gasteiger partial charge in [-0.3, -0.25) is 19.6 Å². The van der Waals surface area contributed by atoms with Crippen molar-refractivity contribution < 1.29 is 9.72 Å². The fourth-order valence-corrected chi connectivity index (χ4v) is 3.29. The van der Waals surface area contributed by atoms with Crippen molar-refractivity contribution in [2.24, 2.45) is 7.05 Å². The number of carbonyl (C=O) groups is 1. The van der Waals surface area contributed by atoms with Crippen LogP contribution in [0.25, 0.3) is 0 Å². The van der Waals surface area contributed by atoms with Gasteiger partial charge in [0.05, 0.1) is 16.3 Å². The Balaban J connectivity index is 1.76. The summed E-state index contributed by atoms with van der Waals surface area (Å²) in [6.07, 6.45) is 1.74. The van der Waals surface area contributed by atoms with E-state index < -0.39 is 4.92 Å². The van der Waals surface area contributed by atoms with Crippen LogP contribution < -0.4 is 4.90 Å². The van der Waals surface area contributed by atoms with Gasteiger partial charge in [-0.05, 0) is 37.8 Å². The van der Waals surface area contributed by atoms with Gasteiger partial charge < -0.3 is 4.90 Å². The number of carbonyl (C=O) groups excluding carboxylic acids is 1. The molecule has 0 spiro atoms. The van der Waals surface area contributed by atoms with Gasteiger partial charge in [-0.1, -0.05) is 6.07 Å². The van der Waals surface area contributed by atoms with Crippen molar-refractivity contribution in [1.29, 1.82) is 0 Å². The molecule has 7 nitrogen and oxygen atoms in total. The second kappa shape index (κ2) is 6.07. The van der Waals surface area contributed by atoms with Crippen LogP contribution in [0.15, 0.2) is 18.2 Å². The van der Waals surface area contributed by atoms with Crippen molar-refractivity contribution in [2.45, 2.75) is 33.1 Å². The zero-order chi connectivity index (χ0) is 17.4. The predicted molar refractivity (Wildman–Crippen MR) is 90.2 cm³/mol. The minimum Gasteiger partial charge on any atom is -0.312 e. The monoisotopic (exact) mass is 328 g/mol. The summed E-state index contributed by atoms with van der Waals surface area (Å²) >= 11 is 0. The Hall–Kier alpha value is -2.70. The van der Waals surface area contributed by atoms with Crippen LogP contribution >= 0.6 is 0 Å². The van der Waals surface area contributed by atoms with E-state index in [0.717, 1.165) is 28.9 Å². The lowest BCUT2D eigenvalue weighted by atomic mass is 10.1. The van der Waals surface area contributed by atoms with E-state index in [1.807, 2.05) is 25.6 Å². The highest BCUT2D eigenvalue weighted by atomic mass is 16.6. The van der Waals surface area contributed by atoms with Crippen molar-refractivity contribution >= 4 is 17.3 Å². The summed E-state index contributed by atoms with van der Waals surface area (Å²) in [5, 5.41) is 15.3. The number of nitrogens with zero attached hydrogens (tertiary/aromatic N) is 4. The lowest BCUT2D eigenvalue weighted by Crippen LogP contribution is -2.29. The zero-order valence-corrected chi connectivity index (χ0v) is 14.1. The van der Waals surface area contributed by atoms with E-state index in [-0.39, 0.29) is 11.6 Å². The molecule has 0 atom stereocenters. The molecule has 1 aromatic heterocycles. The van der Waals surface area contributed by atoms with E-state index in [1.54, 1.807) is 11.0 Å². The van der Waals surface area contributed by atoms with E-state index in [0.29, 0.717) is 25.1 Å². The van der Waals surface area contributed by atoms with Crippen molar-refractivity contribution in [3.05, 3.63) is 50.8 Å². The van der Waals surface area contributed by atoms with Crippen LogP contribution in [0.3, 0.4) is 0 Å². The van der Waals surface area contributed by atoms with E-state index in [2.05, 4.69) is 5.10 Å². The Morgan fingerprint density at radius 3 is 2.75 bits per heavy atom. The number of fused-ring (bicyclic) bond motifs is 1. The summed E-state index contributed by atoms with van der Waals surface area (Å²) in [4.78, 5) is 24.8. The molecule has 7 heteroatoms. The zero-order valence-electron chi connectivity index (χ0n) is 14.1. The fraction of sp³-hybridized carbons (Fsp3) is 0.412. The summed E-state index contributed by atoms with van der Waals surface area (Å²) in [6.45, 7) is 4.52. The summed E-state index contributed by atoms with van der Waals surface area (Å²) in [5.41, 5.74) is 4.80. The summed E-state index contributed by atoms with van der Waals surface area (Å²) < 4.78 is 1.82. The SMILES string of the molecule is Cc1nn(C)c(C)c1CCC(=O)N1CCc2ccc([N+](=O)[O-])cc21. The van der Waals surface area contributed by atoms with Gasteiger partial charge in [0.15, 0.2) is 0 Å². The third-order valence-corrected chi connectivity index (χ3v) is 4.72. The topological polar surface area (TPSA) is 81.3 Å². The maximum Gasteiger partial charge on any atom is 0.271 e. The molecule has 1 aliphatic rings. The third-order valence-electron chi connectivity index (χ3n) is 4.72. The highest BCUT2D eigenvalue weighted by Gasteiger charge is 2.26. The Morgan fingerprint density at radius 1 is 1.38 bits per heavy atom. The number of hydrogen-bond donors (Lipinski definition) is 0. The van der Waals surface area contributed by atoms with Gasteiger partial charge in [-0.25, -0.2) is 0 Å². The standard InChI is InChI=1S/C17H20N4O3/c1-11-15(12(2)19(3)18-11)6-7-17(22)20-9-8-13-4-5-14(21(23)24)10-16(13)20/h4-5,10H,6-9H2,1-3H3. The van der Waals surface area contributed by atoms with Crippen LogP contribution in [-0.2, 0) is 24.7 Å². The van der Waals surface area contributed by atoms with E-state index in [9.17, 15) is 14.9 Å². The number of non-ortho nitro benzene ring substituents is 1. The molecule has 126 valence electrons. The quantitative estimate of drug-likeness (QED) is 0.638. The molecule has 0 aliphatic carbocycles. The van der Waals surface area contributed by atoms with Crippen molar-refractivity contribution in [2.75, 3.05) is 11.4 Å². The van der Waals surface area contributed by atoms with Gasteiger partial charge in [0.1, 0.15) is 0 Å². The van der Waals surface area contributed by atoms with Crippen molar-refractivity contribution in [1.82, 2.24) is 9.78 Å². The van der Waals surface area contributed by atoms with Crippen LogP contribution in [0.2, 0.25) is 0 Å². The summed E-state index contributed by atoms with van der Waals surface area (Å²) in [5.74, 6) is -0.00287. The van der Waals surface area contributed by atoms with Crippen LogP contribution in [0.1, 0.15) is 28.9 Å². The molecular weight excluding hydrogens is 308 g/mol. The smallest absolute Gasteiger partial charge is 0.271 e. The number of anilines is 1. The summed E-state index contributed by atoms with van der Waals surface area (Å²) in [6, 6.07) is 4.74. The Morgan fingerprint density at radius 2 is 2.12 bits per heavy atom. The minimum atomic E-state index is -0.427. The highest BCUT2D eigenvalue weighted by molar-refractivity contribution is 5.96. The first kappa shape index (κ1) is 16.2. The van der Waals surface area contributed by atoms with Crippen LogP contribution in [0.5, 0.6) is 0 Å². The third kappa shape index (κ3) is 2.77. The molecule has 0 fully saturated rings. The van der Waals surface area contributed by atoms with E-state index in [1.165, 1.54) is 12.1 Å². The number of rotatable bonds is 4. The Bertz CT molecular complexity index is 825. The van der Waals surface area contributed by atoms with Crippen LogP contribution in [0, 0.1) is 24.0 Å². The lowest BCUT2D eigenvalue weighted by molar-refractivity contribution is -0.384.